The van der Waals surface area contributed by atoms with Crippen LogP contribution >= 0.6 is 0 Å². The van der Waals surface area contributed by atoms with Crippen molar-refractivity contribution < 1.29 is 9.90 Å². The van der Waals surface area contributed by atoms with Gasteiger partial charge in [0, 0.05) is 36.8 Å². The second-order valence-corrected chi connectivity index (χ2v) is 9.28. The Bertz CT molecular complexity index is 714. The van der Waals surface area contributed by atoms with Crippen LogP contribution in [0.15, 0.2) is 12.3 Å². The molecule has 168 valence electrons. The minimum atomic E-state index is -0.427. The number of nitrogens with one attached hydrogen (secondary N) is 2. The van der Waals surface area contributed by atoms with Crippen LogP contribution in [0.3, 0.4) is 0 Å². The number of carbonyl (C=O) groups excluding carboxylic acids is 1. The zero-order valence-corrected chi connectivity index (χ0v) is 18.8. The van der Waals surface area contributed by atoms with Gasteiger partial charge in [-0.25, -0.2) is 4.98 Å². The Morgan fingerprint density at radius 3 is 2.73 bits per heavy atom. The molecule has 30 heavy (non-hydrogen) atoms. The molecular formula is C23H39N5O2. The van der Waals surface area contributed by atoms with Gasteiger partial charge in [0.15, 0.2) is 0 Å². The fraction of sp³-hybridized carbons (Fsp3) is 0.739. The monoisotopic (exact) mass is 417 g/mol. The Kier molecular flexibility index (Phi) is 7.71. The van der Waals surface area contributed by atoms with Crippen molar-refractivity contribution >= 4 is 11.7 Å². The van der Waals surface area contributed by atoms with E-state index in [2.05, 4.69) is 27.4 Å². The van der Waals surface area contributed by atoms with Crippen LogP contribution in [-0.2, 0) is 0 Å². The predicted molar refractivity (Wildman–Crippen MR) is 121 cm³/mol. The van der Waals surface area contributed by atoms with E-state index in [-0.39, 0.29) is 24.0 Å². The standard InChI is InChI=1S/C23H39N5O2/c1-4-23(15-29)14-28(11-10-20(23)27-18-8-6-5-7-9-18)21-19(12-16(2)13-25-21)22(30)26-17(3)24/h12-13,17-18,20,27,29H,4-11,14-15,24H2,1-3H3,(H,26,30). The van der Waals surface area contributed by atoms with E-state index < -0.39 is 6.17 Å². The largest absolute Gasteiger partial charge is 0.396 e. The van der Waals surface area contributed by atoms with E-state index in [1.165, 1.54) is 32.1 Å². The lowest BCUT2D eigenvalue weighted by Crippen LogP contribution is -2.61. The SMILES string of the molecule is CCC1(CO)CN(c2ncc(C)cc2C(=O)NC(C)N)CCC1NC1CCCCC1. The molecule has 3 unspecified atom stereocenters. The van der Waals surface area contributed by atoms with Crippen LogP contribution in [-0.4, -0.2) is 53.9 Å². The van der Waals surface area contributed by atoms with Crippen molar-refractivity contribution in [3.8, 4) is 0 Å². The summed E-state index contributed by atoms with van der Waals surface area (Å²) in [6.07, 6.45) is 9.55. The Morgan fingerprint density at radius 2 is 2.10 bits per heavy atom. The molecule has 1 saturated carbocycles. The van der Waals surface area contributed by atoms with Gasteiger partial charge >= 0.3 is 0 Å². The topological polar surface area (TPSA) is 104 Å². The summed E-state index contributed by atoms with van der Waals surface area (Å²) < 4.78 is 0. The van der Waals surface area contributed by atoms with E-state index in [4.69, 9.17) is 5.73 Å². The Hall–Kier alpha value is -1.70. The minimum Gasteiger partial charge on any atom is -0.396 e. The Balaban J connectivity index is 1.82. The van der Waals surface area contributed by atoms with E-state index in [0.717, 1.165) is 24.9 Å². The molecule has 0 aromatic carbocycles. The first-order chi connectivity index (χ1) is 14.4. The summed E-state index contributed by atoms with van der Waals surface area (Å²) in [6.45, 7) is 7.44. The highest BCUT2D eigenvalue weighted by Crippen LogP contribution is 2.37. The van der Waals surface area contributed by atoms with E-state index >= 15 is 0 Å². The van der Waals surface area contributed by atoms with Gasteiger partial charge < -0.3 is 26.4 Å². The summed E-state index contributed by atoms with van der Waals surface area (Å²) in [5.41, 5.74) is 7.02. The predicted octanol–water partition coefficient (Wildman–Crippen LogP) is 2.31. The molecule has 1 aliphatic heterocycles. The van der Waals surface area contributed by atoms with Crippen molar-refractivity contribution in [2.24, 2.45) is 11.1 Å². The van der Waals surface area contributed by atoms with Gasteiger partial charge in [-0.05, 0) is 51.2 Å². The van der Waals surface area contributed by atoms with E-state index in [0.29, 0.717) is 24.0 Å². The Morgan fingerprint density at radius 1 is 1.37 bits per heavy atom. The number of rotatable bonds is 7. The number of pyridine rings is 1. The number of aryl methyl sites for hydroxylation is 1. The second kappa shape index (κ2) is 10.1. The average molecular weight is 418 g/mol. The first-order valence-electron chi connectivity index (χ1n) is 11.5. The van der Waals surface area contributed by atoms with Gasteiger partial charge in [-0.2, -0.15) is 0 Å². The number of aromatic nitrogens is 1. The number of carbonyl (C=O) groups is 1. The highest BCUT2D eigenvalue weighted by molar-refractivity contribution is 5.99. The first kappa shape index (κ1) is 23.0. The molecule has 7 nitrogen and oxygen atoms in total. The molecule has 7 heteroatoms. The quantitative estimate of drug-likeness (QED) is 0.508. The number of anilines is 1. The summed E-state index contributed by atoms with van der Waals surface area (Å²) >= 11 is 0. The first-order valence-corrected chi connectivity index (χ1v) is 11.5. The molecule has 2 fully saturated rings. The normalized spacial score (nSPS) is 26.4. The van der Waals surface area contributed by atoms with Gasteiger partial charge in [-0.15, -0.1) is 0 Å². The molecule has 0 radical (unpaired) electrons. The summed E-state index contributed by atoms with van der Waals surface area (Å²) in [5, 5.41) is 17.1. The molecule has 1 aromatic heterocycles. The lowest BCUT2D eigenvalue weighted by atomic mass is 9.73. The summed E-state index contributed by atoms with van der Waals surface area (Å²) in [4.78, 5) is 19.6. The van der Waals surface area contributed by atoms with Gasteiger partial charge in [0.1, 0.15) is 5.82 Å². The maximum Gasteiger partial charge on any atom is 0.256 e. The zero-order valence-electron chi connectivity index (χ0n) is 18.8. The summed E-state index contributed by atoms with van der Waals surface area (Å²) in [5.74, 6) is 0.478. The number of hydrogen-bond acceptors (Lipinski definition) is 6. The van der Waals surface area contributed by atoms with Crippen molar-refractivity contribution in [2.45, 2.75) is 84.0 Å². The molecule has 2 heterocycles. The molecule has 1 aromatic rings. The van der Waals surface area contributed by atoms with Crippen LogP contribution in [0.4, 0.5) is 5.82 Å². The number of amides is 1. The van der Waals surface area contributed by atoms with Crippen molar-refractivity contribution in [3.05, 3.63) is 23.4 Å². The van der Waals surface area contributed by atoms with Crippen LogP contribution < -0.4 is 21.3 Å². The molecule has 3 rings (SSSR count). The van der Waals surface area contributed by atoms with E-state index in [9.17, 15) is 9.90 Å². The number of piperidine rings is 1. The Labute approximate surface area is 180 Å². The second-order valence-electron chi connectivity index (χ2n) is 9.28. The molecule has 0 spiro atoms. The van der Waals surface area contributed by atoms with Crippen LogP contribution in [0.1, 0.15) is 74.7 Å². The van der Waals surface area contributed by atoms with Gasteiger partial charge in [-0.3, -0.25) is 4.79 Å². The molecule has 0 bridgehead atoms. The van der Waals surface area contributed by atoms with Gasteiger partial charge in [0.25, 0.3) is 5.91 Å². The number of nitrogens with zero attached hydrogens (tertiary/aromatic N) is 2. The zero-order chi connectivity index (χ0) is 21.7. The fourth-order valence-corrected chi connectivity index (χ4v) is 5.05. The number of aliphatic hydroxyl groups excluding tert-OH is 1. The van der Waals surface area contributed by atoms with Crippen molar-refractivity contribution in [1.29, 1.82) is 0 Å². The number of hydrogen-bond donors (Lipinski definition) is 4. The third-order valence-electron chi connectivity index (χ3n) is 6.90. The third-order valence-corrected chi connectivity index (χ3v) is 6.90. The maximum absolute atomic E-state index is 12.8. The summed E-state index contributed by atoms with van der Waals surface area (Å²) in [6, 6.07) is 2.70. The lowest BCUT2D eigenvalue weighted by Gasteiger charge is -2.49. The molecule has 3 atom stereocenters. The van der Waals surface area contributed by atoms with Crippen LogP contribution in [0.2, 0.25) is 0 Å². The maximum atomic E-state index is 12.8. The summed E-state index contributed by atoms with van der Waals surface area (Å²) in [7, 11) is 0. The van der Waals surface area contributed by atoms with E-state index in [1.54, 1.807) is 13.1 Å². The van der Waals surface area contributed by atoms with Crippen molar-refractivity contribution in [3.63, 3.8) is 0 Å². The molecule has 2 aliphatic rings. The van der Waals surface area contributed by atoms with E-state index in [1.807, 2.05) is 13.0 Å². The molecule has 1 aliphatic carbocycles. The third kappa shape index (κ3) is 5.13. The average Bonchev–Trinajstić information content (AvgIpc) is 2.74. The molecule has 1 saturated heterocycles. The number of nitrogens with two attached hydrogens (primary N) is 1. The van der Waals surface area contributed by atoms with Gasteiger partial charge in [-0.1, -0.05) is 26.2 Å². The lowest BCUT2D eigenvalue weighted by molar-refractivity contribution is 0.0561. The molecule has 5 N–H and O–H groups in total. The molecular weight excluding hydrogens is 378 g/mol. The van der Waals surface area contributed by atoms with Crippen molar-refractivity contribution in [1.82, 2.24) is 15.6 Å². The fourth-order valence-electron chi connectivity index (χ4n) is 5.05. The highest BCUT2D eigenvalue weighted by atomic mass is 16.3. The van der Waals surface area contributed by atoms with Gasteiger partial charge in [0.2, 0.25) is 0 Å². The van der Waals surface area contributed by atoms with Gasteiger partial charge in [0.05, 0.1) is 18.3 Å². The van der Waals surface area contributed by atoms with Crippen LogP contribution in [0.25, 0.3) is 0 Å². The number of aliphatic hydroxyl groups is 1. The van der Waals surface area contributed by atoms with Crippen LogP contribution in [0.5, 0.6) is 0 Å². The molecule has 1 amide bonds. The smallest absolute Gasteiger partial charge is 0.256 e. The minimum absolute atomic E-state index is 0.123. The van der Waals surface area contributed by atoms with Crippen LogP contribution in [0, 0.1) is 12.3 Å². The van der Waals surface area contributed by atoms with Crippen molar-refractivity contribution in [2.75, 3.05) is 24.6 Å². The highest BCUT2D eigenvalue weighted by Gasteiger charge is 2.43.